The zero-order chi connectivity index (χ0) is 11.3. The Morgan fingerprint density at radius 2 is 2.20 bits per heavy atom. The van der Waals surface area contributed by atoms with E-state index in [9.17, 15) is 0 Å². The van der Waals surface area contributed by atoms with E-state index < -0.39 is 0 Å². The number of methoxy groups -OCH3 is 1. The molecule has 0 spiro atoms. The van der Waals surface area contributed by atoms with Crippen molar-refractivity contribution in [3.63, 3.8) is 0 Å². The first-order valence-corrected chi connectivity index (χ1v) is 5.23. The van der Waals surface area contributed by atoms with E-state index in [2.05, 4.69) is 0 Å². The Bertz CT molecular complexity index is 317. The largest absolute Gasteiger partial charge is 0.496 e. The Balaban J connectivity index is 2.82. The highest BCUT2D eigenvalue weighted by Crippen LogP contribution is 2.27. The van der Waals surface area contributed by atoms with E-state index in [-0.39, 0.29) is 6.04 Å². The molecule has 1 unspecified atom stereocenters. The van der Waals surface area contributed by atoms with Crippen molar-refractivity contribution in [1.82, 2.24) is 0 Å². The smallest absolute Gasteiger partial charge is 0.125 e. The molecule has 0 saturated heterocycles. The topological polar surface area (TPSA) is 44.5 Å². The molecule has 0 aliphatic heterocycles. The standard InChI is InChI=1S/C11H16ClNO2/c1-3-15-7-10(13)9-5-4-8(12)6-11(9)14-2/h4-6,10H,3,7,13H2,1-2H3. The van der Waals surface area contributed by atoms with Crippen molar-refractivity contribution in [2.24, 2.45) is 5.73 Å². The van der Waals surface area contributed by atoms with Gasteiger partial charge in [-0.1, -0.05) is 17.7 Å². The highest BCUT2D eigenvalue weighted by Gasteiger charge is 2.12. The van der Waals surface area contributed by atoms with Crippen LogP contribution in [-0.4, -0.2) is 20.3 Å². The lowest BCUT2D eigenvalue weighted by Crippen LogP contribution is -2.17. The minimum atomic E-state index is -0.183. The maximum absolute atomic E-state index is 5.96. The number of nitrogens with two attached hydrogens (primary N) is 1. The van der Waals surface area contributed by atoms with Crippen LogP contribution < -0.4 is 10.5 Å². The van der Waals surface area contributed by atoms with Gasteiger partial charge >= 0.3 is 0 Å². The van der Waals surface area contributed by atoms with Gasteiger partial charge in [-0.05, 0) is 19.1 Å². The fourth-order valence-electron chi connectivity index (χ4n) is 1.33. The SMILES string of the molecule is CCOCC(N)c1ccc(Cl)cc1OC. The van der Waals surface area contributed by atoms with E-state index in [0.29, 0.717) is 24.0 Å². The predicted molar refractivity (Wildman–Crippen MR) is 61.4 cm³/mol. The van der Waals surface area contributed by atoms with Crippen molar-refractivity contribution in [3.8, 4) is 5.75 Å². The first kappa shape index (κ1) is 12.3. The fourth-order valence-corrected chi connectivity index (χ4v) is 1.49. The molecule has 0 bridgehead atoms. The van der Waals surface area contributed by atoms with Gasteiger partial charge in [-0.3, -0.25) is 0 Å². The Morgan fingerprint density at radius 1 is 1.47 bits per heavy atom. The number of hydrogen-bond donors (Lipinski definition) is 1. The van der Waals surface area contributed by atoms with Crippen molar-refractivity contribution in [2.75, 3.05) is 20.3 Å². The third-order valence-corrected chi connectivity index (χ3v) is 2.33. The lowest BCUT2D eigenvalue weighted by molar-refractivity contribution is 0.132. The van der Waals surface area contributed by atoms with Gasteiger partial charge in [0.15, 0.2) is 0 Å². The first-order chi connectivity index (χ1) is 7.19. The van der Waals surface area contributed by atoms with Gasteiger partial charge in [0, 0.05) is 17.2 Å². The van der Waals surface area contributed by atoms with Crippen LogP contribution in [0.25, 0.3) is 0 Å². The van der Waals surface area contributed by atoms with Gasteiger partial charge in [0.2, 0.25) is 0 Å². The molecule has 0 fully saturated rings. The zero-order valence-corrected chi connectivity index (χ0v) is 9.75. The normalized spacial score (nSPS) is 12.5. The summed E-state index contributed by atoms with van der Waals surface area (Å²) in [5, 5.41) is 0.638. The Hall–Kier alpha value is -0.770. The van der Waals surface area contributed by atoms with Crippen LogP contribution in [0, 0.1) is 0 Å². The minimum absolute atomic E-state index is 0.183. The van der Waals surface area contributed by atoms with Gasteiger partial charge < -0.3 is 15.2 Å². The summed E-state index contributed by atoms with van der Waals surface area (Å²) in [5.41, 5.74) is 6.87. The van der Waals surface area contributed by atoms with Crippen molar-refractivity contribution in [1.29, 1.82) is 0 Å². The van der Waals surface area contributed by atoms with Gasteiger partial charge in [-0.15, -0.1) is 0 Å². The van der Waals surface area contributed by atoms with E-state index in [0.717, 1.165) is 5.56 Å². The summed E-state index contributed by atoms with van der Waals surface area (Å²) in [7, 11) is 1.60. The highest BCUT2D eigenvalue weighted by molar-refractivity contribution is 6.30. The molecular weight excluding hydrogens is 214 g/mol. The maximum Gasteiger partial charge on any atom is 0.125 e. The molecule has 0 aliphatic rings. The van der Waals surface area contributed by atoms with Crippen LogP contribution in [0.1, 0.15) is 18.5 Å². The summed E-state index contributed by atoms with van der Waals surface area (Å²) in [6.45, 7) is 3.07. The zero-order valence-electron chi connectivity index (χ0n) is 9.00. The average Bonchev–Trinajstić information content (AvgIpc) is 2.25. The van der Waals surface area contributed by atoms with Crippen LogP contribution in [0.2, 0.25) is 5.02 Å². The Kier molecular flexibility index (Phi) is 4.88. The summed E-state index contributed by atoms with van der Waals surface area (Å²) < 4.78 is 10.5. The molecule has 15 heavy (non-hydrogen) atoms. The fraction of sp³-hybridized carbons (Fsp3) is 0.455. The van der Waals surface area contributed by atoms with E-state index in [1.54, 1.807) is 19.2 Å². The third kappa shape index (κ3) is 3.38. The predicted octanol–water partition coefficient (Wildman–Crippen LogP) is 2.38. The number of hydrogen-bond acceptors (Lipinski definition) is 3. The number of benzene rings is 1. The van der Waals surface area contributed by atoms with Crippen LogP contribution in [0.4, 0.5) is 0 Å². The Labute approximate surface area is 95.1 Å². The molecule has 3 nitrogen and oxygen atoms in total. The van der Waals surface area contributed by atoms with E-state index in [1.807, 2.05) is 13.0 Å². The van der Waals surface area contributed by atoms with Gasteiger partial charge in [0.05, 0.1) is 19.8 Å². The number of halogens is 1. The lowest BCUT2D eigenvalue weighted by Gasteiger charge is -2.15. The molecule has 1 rings (SSSR count). The highest BCUT2D eigenvalue weighted by atomic mass is 35.5. The van der Waals surface area contributed by atoms with E-state index >= 15 is 0 Å². The van der Waals surface area contributed by atoms with Gasteiger partial charge in [0.25, 0.3) is 0 Å². The second-order valence-electron chi connectivity index (χ2n) is 3.15. The second kappa shape index (κ2) is 5.95. The number of rotatable bonds is 5. The van der Waals surface area contributed by atoms with E-state index in [1.165, 1.54) is 0 Å². The average molecular weight is 230 g/mol. The van der Waals surface area contributed by atoms with Crippen LogP contribution in [0.5, 0.6) is 5.75 Å². The molecule has 1 atom stereocenters. The Morgan fingerprint density at radius 3 is 2.80 bits per heavy atom. The summed E-state index contributed by atoms with van der Waals surface area (Å²) in [4.78, 5) is 0. The van der Waals surface area contributed by atoms with Crippen molar-refractivity contribution in [2.45, 2.75) is 13.0 Å². The lowest BCUT2D eigenvalue weighted by atomic mass is 10.1. The third-order valence-electron chi connectivity index (χ3n) is 2.10. The quantitative estimate of drug-likeness (QED) is 0.843. The minimum Gasteiger partial charge on any atom is -0.496 e. The summed E-state index contributed by atoms with van der Waals surface area (Å²) in [5.74, 6) is 0.703. The van der Waals surface area contributed by atoms with Crippen molar-refractivity contribution >= 4 is 11.6 Å². The van der Waals surface area contributed by atoms with Crippen LogP contribution in [0.3, 0.4) is 0 Å². The summed E-state index contributed by atoms with van der Waals surface area (Å²) in [6, 6.07) is 5.23. The summed E-state index contributed by atoms with van der Waals surface area (Å²) >= 11 is 5.85. The summed E-state index contributed by atoms with van der Waals surface area (Å²) in [6.07, 6.45) is 0. The van der Waals surface area contributed by atoms with Gasteiger partial charge in [-0.25, -0.2) is 0 Å². The first-order valence-electron chi connectivity index (χ1n) is 4.85. The molecule has 0 heterocycles. The van der Waals surface area contributed by atoms with Crippen LogP contribution in [0.15, 0.2) is 18.2 Å². The van der Waals surface area contributed by atoms with Crippen molar-refractivity contribution < 1.29 is 9.47 Å². The molecule has 1 aromatic carbocycles. The molecule has 0 saturated carbocycles. The van der Waals surface area contributed by atoms with Gasteiger partial charge in [-0.2, -0.15) is 0 Å². The van der Waals surface area contributed by atoms with E-state index in [4.69, 9.17) is 26.8 Å². The molecule has 0 aliphatic carbocycles. The second-order valence-corrected chi connectivity index (χ2v) is 3.59. The van der Waals surface area contributed by atoms with Crippen LogP contribution in [-0.2, 0) is 4.74 Å². The monoisotopic (exact) mass is 229 g/mol. The molecule has 4 heteroatoms. The molecule has 0 radical (unpaired) electrons. The van der Waals surface area contributed by atoms with Gasteiger partial charge in [0.1, 0.15) is 5.75 Å². The molecule has 2 N–H and O–H groups in total. The molecule has 0 aromatic heterocycles. The molecule has 84 valence electrons. The molecule has 1 aromatic rings. The maximum atomic E-state index is 5.96. The van der Waals surface area contributed by atoms with Crippen molar-refractivity contribution in [3.05, 3.63) is 28.8 Å². The molecular formula is C11H16ClNO2. The number of ether oxygens (including phenoxy) is 2. The molecule has 0 amide bonds. The van der Waals surface area contributed by atoms with Crippen LogP contribution >= 0.6 is 11.6 Å².